The smallest absolute Gasteiger partial charge is 0.261 e. The molecule has 0 aliphatic carbocycles. The summed E-state index contributed by atoms with van der Waals surface area (Å²) in [6, 6.07) is 2.13. The highest BCUT2D eigenvalue weighted by molar-refractivity contribution is 7.85. The van der Waals surface area contributed by atoms with E-state index in [1.54, 1.807) is 12.5 Å². The van der Waals surface area contributed by atoms with Gasteiger partial charge in [0.1, 0.15) is 11.8 Å². The first-order valence-corrected chi connectivity index (χ1v) is 12.9. The number of aliphatic imine (C=N–C) groups is 1. The van der Waals surface area contributed by atoms with Crippen molar-refractivity contribution in [3.63, 3.8) is 0 Å². The molecule has 1 amide bonds. The van der Waals surface area contributed by atoms with Crippen LogP contribution in [0.3, 0.4) is 0 Å². The highest BCUT2D eigenvalue weighted by atomic mass is 32.1. The first-order valence-electron chi connectivity index (χ1n) is 12.4. The SMILES string of the molecule is CC(=N/C=C(\S)C(=O)N1CCC(c2ncnc3cc(N4CCN(C)CC4)cnc23)CC1)C(C)(C)C. The van der Waals surface area contributed by atoms with Crippen LogP contribution in [0.25, 0.3) is 11.0 Å². The lowest BCUT2D eigenvalue weighted by Gasteiger charge is -2.34. The lowest BCUT2D eigenvalue weighted by molar-refractivity contribution is -0.127. The van der Waals surface area contributed by atoms with Crippen molar-refractivity contribution in [3.05, 3.63) is 35.4 Å². The van der Waals surface area contributed by atoms with Gasteiger partial charge in [-0.1, -0.05) is 20.8 Å². The Labute approximate surface area is 213 Å². The molecule has 0 unspecified atom stereocenters. The molecule has 0 atom stereocenters. The van der Waals surface area contributed by atoms with E-state index in [4.69, 9.17) is 4.98 Å². The van der Waals surface area contributed by atoms with Crippen LogP contribution in [0.5, 0.6) is 0 Å². The highest BCUT2D eigenvalue weighted by Crippen LogP contribution is 2.32. The number of fused-ring (bicyclic) bond motifs is 1. The third-order valence-electron chi connectivity index (χ3n) is 7.21. The summed E-state index contributed by atoms with van der Waals surface area (Å²) in [6.07, 6.45) is 6.86. The maximum atomic E-state index is 12.9. The number of nitrogens with zero attached hydrogens (tertiary/aromatic N) is 7. The van der Waals surface area contributed by atoms with Gasteiger partial charge in [0.05, 0.1) is 28.0 Å². The van der Waals surface area contributed by atoms with Crippen molar-refractivity contribution in [3.8, 4) is 0 Å². The fourth-order valence-electron chi connectivity index (χ4n) is 4.41. The standard InChI is InChI=1S/C26H37N7OS/c1-18(26(2,3)4)27-16-22(35)25(34)33-8-6-19(7-9-33)23-24-21(29-17-30-23)14-20(15-28-24)32-12-10-31(5)11-13-32/h14-17,19,35H,6-13H2,1-5H3/b22-16-,27-18?. The van der Waals surface area contributed by atoms with Crippen LogP contribution in [0.15, 0.2) is 34.7 Å². The number of hydrogen-bond acceptors (Lipinski definition) is 8. The second-order valence-electron chi connectivity index (χ2n) is 10.7. The zero-order valence-electron chi connectivity index (χ0n) is 21.5. The van der Waals surface area contributed by atoms with Crippen LogP contribution in [-0.2, 0) is 4.79 Å². The number of carbonyl (C=O) groups excluding carboxylic acids is 1. The van der Waals surface area contributed by atoms with Crippen molar-refractivity contribution in [1.29, 1.82) is 0 Å². The molecule has 188 valence electrons. The third kappa shape index (κ3) is 6.01. The van der Waals surface area contributed by atoms with E-state index in [0.29, 0.717) is 18.0 Å². The van der Waals surface area contributed by atoms with Crippen LogP contribution in [0, 0.1) is 5.41 Å². The first kappa shape index (κ1) is 25.6. The molecule has 4 rings (SSSR count). The van der Waals surface area contributed by atoms with Crippen LogP contribution in [0.4, 0.5) is 5.69 Å². The molecule has 2 saturated heterocycles. The van der Waals surface area contributed by atoms with E-state index < -0.39 is 0 Å². The lowest BCUT2D eigenvalue weighted by Crippen LogP contribution is -2.44. The number of rotatable bonds is 4. The van der Waals surface area contributed by atoms with Gasteiger partial charge in [0.15, 0.2) is 0 Å². The molecular weight excluding hydrogens is 458 g/mol. The van der Waals surface area contributed by atoms with Gasteiger partial charge in [-0.25, -0.2) is 9.97 Å². The molecule has 0 saturated carbocycles. The summed E-state index contributed by atoms with van der Waals surface area (Å²) < 4.78 is 0. The Morgan fingerprint density at radius 2 is 1.77 bits per heavy atom. The minimum atomic E-state index is -0.0697. The number of anilines is 1. The molecule has 0 bridgehead atoms. The van der Waals surface area contributed by atoms with Crippen LogP contribution in [0.2, 0.25) is 0 Å². The predicted octanol–water partition coefficient (Wildman–Crippen LogP) is 3.76. The van der Waals surface area contributed by atoms with Gasteiger partial charge in [-0.3, -0.25) is 14.8 Å². The summed E-state index contributed by atoms with van der Waals surface area (Å²) in [4.78, 5) is 38.2. The Balaban J connectivity index is 1.43. The monoisotopic (exact) mass is 495 g/mol. The van der Waals surface area contributed by atoms with Gasteiger partial charge < -0.3 is 14.7 Å². The van der Waals surface area contributed by atoms with Gasteiger partial charge in [-0.2, -0.15) is 0 Å². The largest absolute Gasteiger partial charge is 0.368 e. The van der Waals surface area contributed by atoms with Crippen molar-refractivity contribution in [1.82, 2.24) is 24.8 Å². The number of piperidine rings is 1. The molecule has 0 N–H and O–H groups in total. The molecule has 8 nitrogen and oxygen atoms in total. The average molecular weight is 496 g/mol. The number of thiol groups is 1. The zero-order valence-corrected chi connectivity index (χ0v) is 22.4. The van der Waals surface area contributed by atoms with Crippen molar-refractivity contribution in [2.24, 2.45) is 10.4 Å². The van der Waals surface area contributed by atoms with Crippen LogP contribution >= 0.6 is 12.6 Å². The minimum Gasteiger partial charge on any atom is -0.368 e. The number of aromatic nitrogens is 3. The number of piperazine rings is 1. The number of likely N-dealkylation sites (tertiary alicyclic amines) is 1. The van der Waals surface area contributed by atoms with E-state index in [0.717, 1.165) is 67.1 Å². The van der Waals surface area contributed by atoms with Crippen molar-refractivity contribution in [2.75, 3.05) is 51.2 Å². The topological polar surface area (TPSA) is 77.8 Å². The molecule has 2 aromatic heterocycles. The van der Waals surface area contributed by atoms with E-state index in [2.05, 4.69) is 71.3 Å². The predicted molar refractivity (Wildman–Crippen MR) is 145 cm³/mol. The van der Waals surface area contributed by atoms with Gasteiger partial charge >= 0.3 is 0 Å². The maximum absolute atomic E-state index is 12.9. The lowest BCUT2D eigenvalue weighted by atomic mass is 9.91. The molecule has 0 radical (unpaired) electrons. The van der Waals surface area contributed by atoms with E-state index in [1.165, 1.54) is 0 Å². The van der Waals surface area contributed by atoms with E-state index >= 15 is 0 Å². The number of hydrogen-bond donors (Lipinski definition) is 1. The van der Waals surface area contributed by atoms with Gasteiger partial charge in [-0.15, -0.1) is 12.6 Å². The quantitative estimate of drug-likeness (QED) is 0.395. The third-order valence-corrected chi connectivity index (χ3v) is 7.52. The first-order chi connectivity index (χ1) is 16.6. The Bertz CT molecular complexity index is 1120. The average Bonchev–Trinajstić information content (AvgIpc) is 2.86. The van der Waals surface area contributed by atoms with Gasteiger partial charge in [-0.05, 0) is 38.3 Å². The number of carbonyl (C=O) groups is 1. The molecule has 35 heavy (non-hydrogen) atoms. The number of pyridine rings is 1. The van der Waals surface area contributed by atoms with Crippen molar-refractivity contribution >= 4 is 41.0 Å². The normalized spacial score (nSPS) is 19.5. The van der Waals surface area contributed by atoms with Gasteiger partial charge in [0, 0.05) is 57.1 Å². The molecule has 2 aliphatic rings. The van der Waals surface area contributed by atoms with Gasteiger partial charge in [0.25, 0.3) is 5.91 Å². The van der Waals surface area contributed by atoms with Crippen molar-refractivity contribution < 1.29 is 4.79 Å². The van der Waals surface area contributed by atoms with Gasteiger partial charge in [0.2, 0.25) is 0 Å². The summed E-state index contributed by atoms with van der Waals surface area (Å²) in [7, 11) is 2.16. The van der Waals surface area contributed by atoms with Crippen molar-refractivity contribution in [2.45, 2.75) is 46.5 Å². The summed E-state index contributed by atoms with van der Waals surface area (Å²) in [6.45, 7) is 13.7. The van der Waals surface area contributed by atoms with Crippen LogP contribution in [-0.4, -0.2) is 82.7 Å². The summed E-state index contributed by atoms with van der Waals surface area (Å²) in [5, 5.41) is 0. The molecule has 2 aromatic rings. The fraction of sp³-hybridized carbons (Fsp3) is 0.577. The Morgan fingerprint density at radius 3 is 2.43 bits per heavy atom. The van der Waals surface area contributed by atoms with E-state index in [9.17, 15) is 4.79 Å². The second-order valence-corrected chi connectivity index (χ2v) is 11.1. The van der Waals surface area contributed by atoms with E-state index in [1.807, 2.05) is 18.0 Å². The zero-order chi connectivity index (χ0) is 25.2. The number of amides is 1. The number of likely N-dealkylation sites (N-methyl/N-ethyl adjacent to an activating group) is 1. The minimum absolute atomic E-state index is 0.0362. The molecule has 2 aliphatic heterocycles. The molecule has 4 heterocycles. The summed E-state index contributed by atoms with van der Waals surface area (Å²) >= 11 is 4.43. The summed E-state index contributed by atoms with van der Waals surface area (Å²) in [5.41, 5.74) is 4.79. The Kier molecular flexibility index (Phi) is 7.76. The molecule has 0 spiro atoms. The second kappa shape index (κ2) is 10.6. The highest BCUT2D eigenvalue weighted by Gasteiger charge is 2.27. The molecule has 2 fully saturated rings. The van der Waals surface area contributed by atoms with Crippen LogP contribution < -0.4 is 4.90 Å². The Hall–Kier alpha value is -2.52. The molecule has 9 heteroatoms. The van der Waals surface area contributed by atoms with Crippen LogP contribution in [0.1, 0.15) is 52.1 Å². The Morgan fingerprint density at radius 1 is 1.09 bits per heavy atom. The molecule has 0 aromatic carbocycles. The summed E-state index contributed by atoms with van der Waals surface area (Å²) in [5.74, 6) is 0.180. The molecular formula is C26H37N7OS. The van der Waals surface area contributed by atoms with E-state index in [-0.39, 0.29) is 17.2 Å². The maximum Gasteiger partial charge on any atom is 0.261 e. The fourth-order valence-corrected chi connectivity index (χ4v) is 4.61.